The lowest BCUT2D eigenvalue weighted by Gasteiger charge is -2.27. The van der Waals surface area contributed by atoms with Crippen LogP contribution in [0.5, 0.6) is 5.75 Å². The molecule has 162 valence electrons. The summed E-state index contributed by atoms with van der Waals surface area (Å²) in [6, 6.07) is 10.3. The first kappa shape index (κ1) is 22.2. The Kier molecular flexibility index (Phi) is 7.08. The van der Waals surface area contributed by atoms with Gasteiger partial charge < -0.3 is 14.8 Å². The van der Waals surface area contributed by atoms with Crippen molar-refractivity contribution < 1.29 is 14.3 Å². The Morgan fingerprint density at radius 2 is 1.93 bits per heavy atom. The molecule has 1 saturated heterocycles. The van der Waals surface area contributed by atoms with Crippen LogP contribution >= 0.6 is 0 Å². The van der Waals surface area contributed by atoms with E-state index in [1.54, 1.807) is 0 Å². The van der Waals surface area contributed by atoms with E-state index in [9.17, 15) is 4.79 Å². The lowest BCUT2D eigenvalue weighted by molar-refractivity contribution is 0.00572. The molecule has 0 bridgehead atoms. The summed E-state index contributed by atoms with van der Waals surface area (Å²) in [6.07, 6.45) is 2.92. The van der Waals surface area contributed by atoms with Gasteiger partial charge in [0.25, 0.3) is 0 Å². The van der Waals surface area contributed by atoms with Crippen LogP contribution in [0.2, 0.25) is 0 Å². The molecule has 0 aliphatic carbocycles. The number of aromatic nitrogens is 2. The van der Waals surface area contributed by atoms with Gasteiger partial charge in [-0.15, -0.1) is 0 Å². The summed E-state index contributed by atoms with van der Waals surface area (Å²) >= 11 is 0. The third kappa shape index (κ3) is 6.26. The number of ether oxygens (including phenoxy) is 2. The van der Waals surface area contributed by atoms with Gasteiger partial charge in [-0.2, -0.15) is 0 Å². The average molecular weight is 412 g/mol. The second-order valence-electron chi connectivity index (χ2n) is 9.13. The fourth-order valence-corrected chi connectivity index (χ4v) is 3.76. The molecule has 30 heavy (non-hydrogen) atoms. The average Bonchev–Trinajstić information content (AvgIpc) is 2.66. The topological polar surface area (TPSA) is 73.3 Å². The van der Waals surface area contributed by atoms with E-state index in [1.165, 1.54) is 0 Å². The minimum Gasteiger partial charge on any atom is -0.484 e. The van der Waals surface area contributed by atoms with Gasteiger partial charge >= 0.3 is 5.97 Å². The Morgan fingerprint density at radius 1 is 1.20 bits per heavy atom. The van der Waals surface area contributed by atoms with Crippen LogP contribution < -0.4 is 10.1 Å². The van der Waals surface area contributed by atoms with Crippen molar-refractivity contribution in [2.75, 3.05) is 6.54 Å². The van der Waals surface area contributed by atoms with E-state index in [1.807, 2.05) is 58.0 Å². The number of carbonyl (C=O) groups excluding carboxylic acids is 1. The van der Waals surface area contributed by atoms with E-state index < -0.39 is 11.6 Å². The fraction of sp³-hybridized carbons (Fsp3) is 0.542. The molecule has 1 aromatic carbocycles. The Bertz CT molecular complexity index is 862. The molecule has 0 saturated carbocycles. The van der Waals surface area contributed by atoms with Crippen LogP contribution in [0.15, 0.2) is 30.3 Å². The van der Waals surface area contributed by atoms with Gasteiger partial charge in [-0.3, -0.25) is 0 Å². The molecule has 6 nitrogen and oxygen atoms in total. The highest BCUT2D eigenvalue weighted by Gasteiger charge is 2.27. The first-order valence-corrected chi connectivity index (χ1v) is 10.7. The van der Waals surface area contributed by atoms with Gasteiger partial charge in [-0.1, -0.05) is 30.3 Å². The van der Waals surface area contributed by atoms with Crippen molar-refractivity contribution in [2.45, 2.75) is 72.1 Å². The van der Waals surface area contributed by atoms with Crippen molar-refractivity contribution in [3.8, 4) is 5.75 Å². The first-order valence-electron chi connectivity index (χ1n) is 10.7. The van der Waals surface area contributed by atoms with Crippen LogP contribution in [0.4, 0.5) is 0 Å². The molecule has 2 atom stereocenters. The molecular formula is C24H33N3O3. The molecule has 0 amide bonds. The van der Waals surface area contributed by atoms with Crippen molar-refractivity contribution in [2.24, 2.45) is 5.92 Å². The van der Waals surface area contributed by atoms with Crippen molar-refractivity contribution in [1.82, 2.24) is 15.3 Å². The summed E-state index contributed by atoms with van der Waals surface area (Å²) in [5.74, 6) is 1.11. The second kappa shape index (κ2) is 9.56. The largest absolute Gasteiger partial charge is 0.484 e. The number of benzene rings is 1. The van der Waals surface area contributed by atoms with Crippen LogP contribution in [0.1, 0.15) is 68.1 Å². The molecule has 1 aliphatic heterocycles. The van der Waals surface area contributed by atoms with Gasteiger partial charge in [0, 0.05) is 12.5 Å². The van der Waals surface area contributed by atoms with E-state index in [4.69, 9.17) is 9.47 Å². The molecule has 1 aliphatic rings. The first-order chi connectivity index (χ1) is 14.2. The molecule has 1 fully saturated rings. The van der Waals surface area contributed by atoms with E-state index in [0.717, 1.165) is 31.4 Å². The summed E-state index contributed by atoms with van der Waals surface area (Å²) < 4.78 is 11.6. The summed E-state index contributed by atoms with van der Waals surface area (Å²) in [5.41, 5.74) is 1.28. The molecule has 0 radical (unpaired) electrons. The molecule has 2 heterocycles. The highest BCUT2D eigenvalue weighted by molar-refractivity contribution is 5.90. The van der Waals surface area contributed by atoms with E-state index >= 15 is 0 Å². The summed E-state index contributed by atoms with van der Waals surface area (Å²) in [4.78, 5) is 22.2. The smallest absolute Gasteiger partial charge is 0.361 e. The van der Waals surface area contributed by atoms with Crippen molar-refractivity contribution >= 4 is 5.97 Å². The molecule has 1 aromatic heterocycles. The van der Waals surface area contributed by atoms with E-state index in [2.05, 4.69) is 22.2 Å². The van der Waals surface area contributed by atoms with E-state index in [-0.39, 0.29) is 5.69 Å². The minimum atomic E-state index is -0.614. The van der Waals surface area contributed by atoms with Gasteiger partial charge in [0.2, 0.25) is 0 Å². The predicted octanol–water partition coefficient (Wildman–Crippen LogP) is 4.25. The second-order valence-corrected chi connectivity index (χ2v) is 9.13. The normalized spacial score (nSPS) is 19.4. The van der Waals surface area contributed by atoms with Crippen molar-refractivity contribution in [1.29, 1.82) is 0 Å². The summed E-state index contributed by atoms with van der Waals surface area (Å²) in [5, 5.41) is 3.47. The SMILES string of the molecule is Cc1nc(CC2CCNC(C)C2)nc(C(=O)OC(C)(C)C)c1OCc1ccccc1. The molecular weight excluding hydrogens is 378 g/mol. The van der Waals surface area contributed by atoms with Crippen LogP contribution in [0.25, 0.3) is 0 Å². The molecule has 6 heteroatoms. The summed E-state index contributed by atoms with van der Waals surface area (Å²) in [6.45, 7) is 11.0. The third-order valence-corrected chi connectivity index (χ3v) is 5.10. The zero-order valence-corrected chi connectivity index (χ0v) is 18.7. The lowest BCUT2D eigenvalue weighted by Crippen LogP contribution is -2.36. The van der Waals surface area contributed by atoms with Gasteiger partial charge in [-0.05, 0) is 65.5 Å². The number of esters is 1. The maximum absolute atomic E-state index is 12.9. The van der Waals surface area contributed by atoms with Crippen molar-refractivity contribution in [3.63, 3.8) is 0 Å². The highest BCUT2D eigenvalue weighted by Crippen LogP contribution is 2.27. The Labute approximate surface area is 179 Å². The maximum Gasteiger partial charge on any atom is 0.361 e. The monoisotopic (exact) mass is 411 g/mol. The predicted molar refractivity (Wildman–Crippen MR) is 117 cm³/mol. The minimum absolute atomic E-state index is 0.213. The zero-order valence-electron chi connectivity index (χ0n) is 18.7. The van der Waals surface area contributed by atoms with Crippen molar-refractivity contribution in [3.05, 3.63) is 53.1 Å². The van der Waals surface area contributed by atoms with Gasteiger partial charge in [0.05, 0.1) is 5.69 Å². The van der Waals surface area contributed by atoms with Crippen LogP contribution in [-0.4, -0.2) is 34.1 Å². The Balaban J connectivity index is 1.86. The molecule has 2 aromatic rings. The van der Waals surface area contributed by atoms with Crippen LogP contribution in [0, 0.1) is 12.8 Å². The van der Waals surface area contributed by atoms with Gasteiger partial charge in [-0.25, -0.2) is 14.8 Å². The maximum atomic E-state index is 12.9. The molecule has 1 N–H and O–H groups in total. The number of hydrogen-bond acceptors (Lipinski definition) is 6. The van der Waals surface area contributed by atoms with Gasteiger partial charge in [0.1, 0.15) is 18.0 Å². The van der Waals surface area contributed by atoms with E-state index in [0.29, 0.717) is 35.8 Å². The van der Waals surface area contributed by atoms with Crippen LogP contribution in [-0.2, 0) is 17.8 Å². The zero-order chi connectivity index (χ0) is 21.7. The number of rotatable bonds is 6. The lowest BCUT2D eigenvalue weighted by atomic mass is 9.90. The number of nitrogens with zero attached hydrogens (tertiary/aromatic N) is 2. The fourth-order valence-electron chi connectivity index (χ4n) is 3.76. The van der Waals surface area contributed by atoms with Crippen LogP contribution in [0.3, 0.4) is 0 Å². The number of nitrogens with one attached hydrogen (secondary N) is 1. The van der Waals surface area contributed by atoms with Gasteiger partial charge in [0.15, 0.2) is 11.4 Å². The molecule has 0 spiro atoms. The Morgan fingerprint density at radius 3 is 2.60 bits per heavy atom. The summed E-state index contributed by atoms with van der Waals surface area (Å²) in [7, 11) is 0. The quantitative estimate of drug-likeness (QED) is 0.717. The Hall–Kier alpha value is -2.47. The number of piperidine rings is 1. The standard InChI is InChI=1S/C24H33N3O3/c1-16-13-19(11-12-25-16)14-20-26-17(2)22(29-15-18-9-7-6-8-10-18)21(27-20)23(28)30-24(3,4)5/h6-10,16,19,25H,11-15H2,1-5H3. The third-order valence-electron chi connectivity index (χ3n) is 5.10. The number of carbonyl (C=O) groups is 1. The number of hydrogen-bond donors (Lipinski definition) is 1. The molecule has 2 unspecified atom stereocenters. The molecule has 3 rings (SSSR count). The number of aryl methyl sites for hydroxylation is 1. The highest BCUT2D eigenvalue weighted by atomic mass is 16.6.